The monoisotopic (exact) mass is 290 g/mol. The molecule has 0 atom stereocenters. The number of benzene rings is 1. The molecule has 0 heterocycles. The molecular formula is C21H38. The summed E-state index contributed by atoms with van der Waals surface area (Å²) in [5.74, 6) is 0.903. The number of unbranched alkanes of at least 4 members (excludes halogenated alkanes) is 1. The third-order valence-electron chi connectivity index (χ3n) is 3.22. The van der Waals surface area contributed by atoms with Crippen LogP contribution in [0.25, 0.3) is 5.57 Å². The molecule has 0 radical (unpaired) electrons. The summed E-state index contributed by atoms with van der Waals surface area (Å²) in [5, 5.41) is 0. The highest BCUT2D eigenvalue weighted by molar-refractivity contribution is 5.66. The van der Waals surface area contributed by atoms with Gasteiger partial charge < -0.3 is 0 Å². The molecule has 0 aliphatic heterocycles. The minimum absolute atomic E-state index is 0.903. The van der Waals surface area contributed by atoms with Crippen LogP contribution in [-0.4, -0.2) is 0 Å². The SMILES string of the molecule is CC.CC/C=C(\C)c1ccccc1C.CCCCC(C)C. The lowest BCUT2D eigenvalue weighted by Gasteiger charge is -2.04. The molecule has 0 fully saturated rings. The van der Waals surface area contributed by atoms with E-state index in [-0.39, 0.29) is 0 Å². The van der Waals surface area contributed by atoms with Crippen molar-refractivity contribution >= 4 is 5.57 Å². The fourth-order valence-electron chi connectivity index (χ4n) is 2.04. The predicted molar refractivity (Wildman–Crippen MR) is 101 cm³/mol. The van der Waals surface area contributed by atoms with E-state index in [1.807, 2.05) is 13.8 Å². The van der Waals surface area contributed by atoms with Crippen LogP contribution in [0.4, 0.5) is 0 Å². The highest BCUT2D eigenvalue weighted by atomic mass is 14.0. The van der Waals surface area contributed by atoms with Gasteiger partial charge in [0, 0.05) is 0 Å². The molecule has 0 N–H and O–H groups in total. The summed E-state index contributed by atoms with van der Waals surface area (Å²) >= 11 is 0. The molecule has 0 heteroatoms. The molecule has 0 unspecified atom stereocenters. The van der Waals surface area contributed by atoms with Gasteiger partial charge in [-0.15, -0.1) is 0 Å². The van der Waals surface area contributed by atoms with E-state index in [1.165, 1.54) is 36.0 Å². The van der Waals surface area contributed by atoms with Crippen LogP contribution in [0.5, 0.6) is 0 Å². The number of hydrogen-bond donors (Lipinski definition) is 0. The van der Waals surface area contributed by atoms with Gasteiger partial charge in [-0.05, 0) is 42.9 Å². The summed E-state index contributed by atoms with van der Waals surface area (Å²) in [6.07, 6.45) is 7.52. The van der Waals surface area contributed by atoms with Crippen LogP contribution in [-0.2, 0) is 0 Å². The summed E-state index contributed by atoms with van der Waals surface area (Å²) in [5.41, 5.74) is 4.12. The molecule has 1 rings (SSSR count). The zero-order chi connectivity index (χ0) is 16.7. The van der Waals surface area contributed by atoms with Gasteiger partial charge in [-0.2, -0.15) is 0 Å². The highest BCUT2D eigenvalue weighted by Crippen LogP contribution is 2.17. The van der Waals surface area contributed by atoms with Crippen LogP contribution in [0.15, 0.2) is 30.3 Å². The van der Waals surface area contributed by atoms with Crippen molar-refractivity contribution in [2.24, 2.45) is 5.92 Å². The van der Waals surface area contributed by atoms with Crippen LogP contribution >= 0.6 is 0 Å². The first-order chi connectivity index (χ1) is 10.0. The Morgan fingerprint density at radius 2 is 1.67 bits per heavy atom. The smallest absolute Gasteiger partial charge is 0.0201 e. The Morgan fingerprint density at radius 1 is 1.10 bits per heavy atom. The summed E-state index contributed by atoms with van der Waals surface area (Å²) in [4.78, 5) is 0. The Kier molecular flexibility index (Phi) is 16.3. The number of hydrogen-bond acceptors (Lipinski definition) is 0. The van der Waals surface area contributed by atoms with Crippen molar-refractivity contribution in [2.45, 2.75) is 81.1 Å². The van der Waals surface area contributed by atoms with Gasteiger partial charge in [-0.1, -0.05) is 91.1 Å². The van der Waals surface area contributed by atoms with E-state index in [1.54, 1.807) is 0 Å². The minimum Gasteiger partial charge on any atom is -0.0813 e. The quantitative estimate of drug-likeness (QED) is 0.522. The molecule has 0 nitrogen and oxygen atoms in total. The van der Waals surface area contributed by atoms with Gasteiger partial charge in [-0.3, -0.25) is 0 Å². The molecule has 0 aliphatic rings. The molecule has 21 heavy (non-hydrogen) atoms. The molecule has 0 saturated heterocycles. The van der Waals surface area contributed by atoms with Gasteiger partial charge >= 0.3 is 0 Å². The first-order valence-electron chi connectivity index (χ1n) is 8.75. The third kappa shape index (κ3) is 12.4. The Morgan fingerprint density at radius 3 is 2.05 bits per heavy atom. The van der Waals surface area contributed by atoms with Crippen molar-refractivity contribution in [3.63, 3.8) is 0 Å². The molecule has 1 aromatic carbocycles. The number of allylic oxidation sites excluding steroid dienone is 2. The summed E-state index contributed by atoms with van der Waals surface area (Å²) in [6.45, 7) is 17.3. The molecular weight excluding hydrogens is 252 g/mol. The van der Waals surface area contributed by atoms with E-state index in [2.05, 4.69) is 71.9 Å². The summed E-state index contributed by atoms with van der Waals surface area (Å²) in [6, 6.07) is 8.51. The molecule has 122 valence electrons. The molecule has 0 amide bonds. The topological polar surface area (TPSA) is 0 Å². The molecule has 0 bridgehead atoms. The molecule has 0 aliphatic carbocycles. The fraction of sp³-hybridized carbons (Fsp3) is 0.619. The highest BCUT2D eigenvalue weighted by Gasteiger charge is 1.96. The Labute approximate surface area is 134 Å². The van der Waals surface area contributed by atoms with Crippen molar-refractivity contribution in [1.29, 1.82) is 0 Å². The van der Waals surface area contributed by atoms with Gasteiger partial charge in [-0.25, -0.2) is 0 Å². The first-order valence-corrected chi connectivity index (χ1v) is 8.75. The van der Waals surface area contributed by atoms with E-state index in [4.69, 9.17) is 0 Å². The first kappa shape index (κ1) is 22.2. The average molecular weight is 291 g/mol. The van der Waals surface area contributed by atoms with E-state index in [9.17, 15) is 0 Å². The van der Waals surface area contributed by atoms with Gasteiger partial charge in [0.1, 0.15) is 0 Å². The maximum Gasteiger partial charge on any atom is -0.0201 e. The third-order valence-corrected chi connectivity index (χ3v) is 3.22. The largest absolute Gasteiger partial charge is 0.0813 e. The van der Waals surface area contributed by atoms with Gasteiger partial charge in [0.15, 0.2) is 0 Å². The van der Waals surface area contributed by atoms with Crippen molar-refractivity contribution in [3.05, 3.63) is 41.5 Å². The van der Waals surface area contributed by atoms with Crippen LogP contribution in [0.3, 0.4) is 0 Å². The lowest BCUT2D eigenvalue weighted by molar-refractivity contribution is 0.550. The Balaban J connectivity index is 0. The van der Waals surface area contributed by atoms with Crippen molar-refractivity contribution in [3.8, 4) is 0 Å². The minimum atomic E-state index is 0.903. The number of rotatable bonds is 5. The van der Waals surface area contributed by atoms with E-state index in [0.29, 0.717) is 0 Å². The van der Waals surface area contributed by atoms with Crippen LogP contribution < -0.4 is 0 Å². The van der Waals surface area contributed by atoms with Gasteiger partial charge in [0.05, 0.1) is 0 Å². The second-order valence-corrected chi connectivity index (χ2v) is 5.65. The van der Waals surface area contributed by atoms with E-state index >= 15 is 0 Å². The average Bonchev–Trinajstić information content (AvgIpc) is 2.48. The van der Waals surface area contributed by atoms with Crippen LogP contribution in [0, 0.1) is 12.8 Å². The molecule has 0 aromatic heterocycles. The van der Waals surface area contributed by atoms with E-state index in [0.717, 1.165) is 12.3 Å². The normalized spacial score (nSPS) is 10.4. The van der Waals surface area contributed by atoms with Crippen LogP contribution in [0.2, 0.25) is 0 Å². The summed E-state index contributed by atoms with van der Waals surface area (Å²) < 4.78 is 0. The Bertz CT molecular complexity index is 358. The van der Waals surface area contributed by atoms with Crippen molar-refractivity contribution < 1.29 is 0 Å². The zero-order valence-electron chi connectivity index (χ0n) is 15.8. The Hall–Kier alpha value is -1.04. The maximum atomic E-state index is 2.27. The molecule has 0 spiro atoms. The van der Waals surface area contributed by atoms with Crippen molar-refractivity contribution in [2.75, 3.05) is 0 Å². The molecule has 1 aromatic rings. The zero-order valence-corrected chi connectivity index (χ0v) is 15.8. The van der Waals surface area contributed by atoms with Crippen LogP contribution in [0.1, 0.15) is 85.3 Å². The predicted octanol–water partition coefficient (Wildman–Crippen LogP) is 7.67. The standard InChI is InChI=1S/C12H16.C7H16.C2H6/c1-4-7-10(2)12-9-6-5-8-11(12)3;1-4-5-6-7(2)3;1-2/h5-9H,4H2,1-3H3;7H,4-6H2,1-3H3;1-2H3/b10-7+;;. The lowest BCUT2D eigenvalue weighted by Crippen LogP contribution is -1.83. The van der Waals surface area contributed by atoms with E-state index < -0.39 is 0 Å². The lowest BCUT2D eigenvalue weighted by atomic mass is 10.0. The second kappa shape index (κ2) is 15.4. The molecule has 0 saturated carbocycles. The fourth-order valence-corrected chi connectivity index (χ4v) is 2.04. The second-order valence-electron chi connectivity index (χ2n) is 5.65. The summed E-state index contributed by atoms with van der Waals surface area (Å²) in [7, 11) is 0. The van der Waals surface area contributed by atoms with Gasteiger partial charge in [0.2, 0.25) is 0 Å². The number of aryl methyl sites for hydroxylation is 1. The maximum absolute atomic E-state index is 2.27. The van der Waals surface area contributed by atoms with Crippen molar-refractivity contribution in [1.82, 2.24) is 0 Å². The van der Waals surface area contributed by atoms with Gasteiger partial charge in [0.25, 0.3) is 0 Å².